The quantitative estimate of drug-likeness (QED) is 0.720. The molecule has 1 aromatic rings. The highest BCUT2D eigenvalue weighted by molar-refractivity contribution is 6.07. The molecule has 1 aliphatic heterocycles. The fourth-order valence-electron chi connectivity index (χ4n) is 3.57. The second kappa shape index (κ2) is 7.69. The number of nitrogens with zero attached hydrogens (tertiary/aromatic N) is 1. The zero-order chi connectivity index (χ0) is 20.4. The molecule has 1 spiro atoms. The van der Waals surface area contributed by atoms with Crippen LogP contribution in [0, 0.1) is 0 Å². The fraction of sp³-hybridized carbons (Fsp3) is 0.500. The van der Waals surface area contributed by atoms with Crippen molar-refractivity contribution >= 4 is 17.8 Å². The van der Waals surface area contributed by atoms with Crippen LogP contribution in [-0.4, -0.2) is 41.2 Å². The molecule has 1 saturated carbocycles. The molecule has 10 heteroatoms. The highest BCUT2D eigenvalue weighted by Gasteiger charge is 2.52. The lowest BCUT2D eigenvalue weighted by Gasteiger charge is -2.20. The third-order valence-electron chi connectivity index (χ3n) is 4.94. The first-order valence-corrected chi connectivity index (χ1v) is 8.95. The predicted octanol–water partition coefficient (Wildman–Crippen LogP) is 2.46. The van der Waals surface area contributed by atoms with E-state index in [4.69, 9.17) is 0 Å². The summed E-state index contributed by atoms with van der Waals surface area (Å²) in [6, 6.07) is 4.97. The summed E-state index contributed by atoms with van der Waals surface area (Å²) in [5, 5.41) is 5.21. The number of imide groups is 1. The number of hydrogen-bond donors (Lipinski definition) is 2. The van der Waals surface area contributed by atoms with Crippen LogP contribution in [0.5, 0.6) is 5.75 Å². The molecule has 0 atom stereocenters. The Morgan fingerprint density at radius 2 is 1.89 bits per heavy atom. The minimum Gasteiger partial charge on any atom is -0.405 e. The summed E-state index contributed by atoms with van der Waals surface area (Å²) in [7, 11) is 0. The zero-order valence-corrected chi connectivity index (χ0v) is 15.0. The number of para-hydroxylation sites is 1. The Morgan fingerprint density at radius 1 is 1.21 bits per heavy atom. The minimum absolute atomic E-state index is 0.0844. The zero-order valence-electron chi connectivity index (χ0n) is 15.0. The second-order valence-electron chi connectivity index (χ2n) is 6.86. The average Bonchev–Trinajstić information content (AvgIpc) is 3.17. The van der Waals surface area contributed by atoms with E-state index in [0.717, 1.165) is 23.8 Å². The summed E-state index contributed by atoms with van der Waals surface area (Å²) >= 11 is 0. The maximum absolute atomic E-state index is 12.5. The Hall–Kier alpha value is -2.78. The molecule has 2 aliphatic rings. The molecule has 0 radical (unpaired) electrons. The van der Waals surface area contributed by atoms with E-state index in [1.54, 1.807) is 0 Å². The van der Waals surface area contributed by atoms with E-state index in [1.807, 2.05) is 0 Å². The molecule has 1 aromatic carbocycles. The van der Waals surface area contributed by atoms with Crippen molar-refractivity contribution in [3.8, 4) is 5.75 Å². The molecule has 0 unspecified atom stereocenters. The summed E-state index contributed by atoms with van der Waals surface area (Å²) in [5.74, 6) is -1.20. The molecular weight excluding hydrogens is 379 g/mol. The number of ether oxygens (including phenoxy) is 1. The minimum atomic E-state index is -4.83. The Bertz CT molecular complexity index is 776. The molecule has 2 fully saturated rings. The van der Waals surface area contributed by atoms with Crippen LogP contribution in [0.25, 0.3) is 0 Å². The van der Waals surface area contributed by atoms with Crippen molar-refractivity contribution in [1.29, 1.82) is 0 Å². The van der Waals surface area contributed by atoms with Crippen molar-refractivity contribution in [1.82, 2.24) is 15.5 Å². The normalized spacial score (nSPS) is 18.5. The Kier molecular flexibility index (Phi) is 5.48. The van der Waals surface area contributed by atoms with Crippen LogP contribution < -0.4 is 15.4 Å². The number of carbonyl (C=O) groups is 3. The standard InChI is InChI=1S/C18H20F3N3O4/c19-18(20,21)28-13-6-2-1-5-12(13)11-22-14(25)7-10-24-15(26)17(23-16(24)27)8-3-4-9-17/h1-2,5-6H,3-4,7-11H2,(H,22,25)(H,23,27). The summed E-state index contributed by atoms with van der Waals surface area (Å²) < 4.78 is 41.2. The summed E-state index contributed by atoms with van der Waals surface area (Å²) in [5.41, 5.74) is -0.672. The van der Waals surface area contributed by atoms with E-state index in [1.165, 1.54) is 18.2 Å². The molecule has 1 aliphatic carbocycles. The van der Waals surface area contributed by atoms with Gasteiger partial charge in [-0.05, 0) is 18.9 Å². The van der Waals surface area contributed by atoms with Gasteiger partial charge in [0.15, 0.2) is 0 Å². The largest absolute Gasteiger partial charge is 0.573 e. The van der Waals surface area contributed by atoms with Gasteiger partial charge in [-0.25, -0.2) is 4.79 Å². The average molecular weight is 399 g/mol. The van der Waals surface area contributed by atoms with Crippen molar-refractivity contribution in [3.63, 3.8) is 0 Å². The number of amides is 4. The lowest BCUT2D eigenvalue weighted by atomic mass is 9.98. The van der Waals surface area contributed by atoms with Crippen LogP contribution in [0.2, 0.25) is 0 Å². The third kappa shape index (κ3) is 4.37. The fourth-order valence-corrected chi connectivity index (χ4v) is 3.57. The van der Waals surface area contributed by atoms with Crippen LogP contribution in [0.1, 0.15) is 37.7 Å². The van der Waals surface area contributed by atoms with Gasteiger partial charge in [0.1, 0.15) is 11.3 Å². The lowest BCUT2D eigenvalue weighted by Crippen LogP contribution is -2.44. The molecule has 7 nitrogen and oxygen atoms in total. The van der Waals surface area contributed by atoms with Gasteiger partial charge in [0.2, 0.25) is 5.91 Å². The van der Waals surface area contributed by atoms with Gasteiger partial charge in [0, 0.05) is 25.1 Å². The third-order valence-corrected chi connectivity index (χ3v) is 4.94. The number of alkyl halides is 3. The summed E-state index contributed by atoms with van der Waals surface area (Å²) in [6.45, 7) is -0.256. The Morgan fingerprint density at radius 3 is 2.57 bits per heavy atom. The van der Waals surface area contributed by atoms with Gasteiger partial charge < -0.3 is 15.4 Å². The monoisotopic (exact) mass is 399 g/mol. The van der Waals surface area contributed by atoms with E-state index in [-0.39, 0.29) is 31.0 Å². The first-order valence-electron chi connectivity index (χ1n) is 8.95. The van der Waals surface area contributed by atoms with Crippen molar-refractivity contribution < 1.29 is 32.3 Å². The number of carbonyl (C=O) groups excluding carboxylic acids is 3. The maximum atomic E-state index is 12.5. The first-order chi connectivity index (χ1) is 13.2. The lowest BCUT2D eigenvalue weighted by molar-refractivity contribution is -0.274. The number of urea groups is 1. The number of hydrogen-bond acceptors (Lipinski definition) is 4. The topological polar surface area (TPSA) is 87.7 Å². The smallest absolute Gasteiger partial charge is 0.405 e. The van der Waals surface area contributed by atoms with Gasteiger partial charge in [-0.1, -0.05) is 31.0 Å². The van der Waals surface area contributed by atoms with E-state index < -0.39 is 29.6 Å². The van der Waals surface area contributed by atoms with Crippen LogP contribution in [0.4, 0.5) is 18.0 Å². The van der Waals surface area contributed by atoms with Gasteiger partial charge in [-0.15, -0.1) is 13.2 Å². The Balaban J connectivity index is 1.52. The molecule has 3 rings (SSSR count). The van der Waals surface area contributed by atoms with Crippen LogP contribution >= 0.6 is 0 Å². The van der Waals surface area contributed by atoms with E-state index in [2.05, 4.69) is 15.4 Å². The van der Waals surface area contributed by atoms with Gasteiger partial charge in [-0.2, -0.15) is 0 Å². The molecule has 0 bridgehead atoms. The highest BCUT2D eigenvalue weighted by Crippen LogP contribution is 2.35. The van der Waals surface area contributed by atoms with Gasteiger partial charge in [-0.3, -0.25) is 14.5 Å². The van der Waals surface area contributed by atoms with Crippen molar-refractivity contribution in [2.45, 2.75) is 50.6 Å². The first kappa shape index (κ1) is 20.0. The van der Waals surface area contributed by atoms with E-state index in [0.29, 0.717) is 12.8 Å². The summed E-state index contributed by atoms with van der Waals surface area (Å²) in [4.78, 5) is 37.6. The molecule has 1 heterocycles. The van der Waals surface area contributed by atoms with Crippen LogP contribution in [0.15, 0.2) is 24.3 Å². The molecule has 152 valence electrons. The molecule has 2 N–H and O–H groups in total. The molecule has 4 amide bonds. The van der Waals surface area contributed by atoms with Crippen molar-refractivity contribution in [2.75, 3.05) is 6.54 Å². The molecule has 1 saturated heterocycles. The van der Waals surface area contributed by atoms with Crippen LogP contribution in [-0.2, 0) is 16.1 Å². The number of benzene rings is 1. The van der Waals surface area contributed by atoms with Crippen LogP contribution in [0.3, 0.4) is 0 Å². The van der Waals surface area contributed by atoms with E-state index >= 15 is 0 Å². The number of rotatable bonds is 6. The second-order valence-corrected chi connectivity index (χ2v) is 6.86. The van der Waals surface area contributed by atoms with Gasteiger partial charge in [0.05, 0.1) is 0 Å². The number of nitrogens with one attached hydrogen (secondary N) is 2. The SMILES string of the molecule is O=C(CCN1C(=O)NC2(CCCC2)C1=O)NCc1ccccc1OC(F)(F)F. The highest BCUT2D eigenvalue weighted by atomic mass is 19.4. The van der Waals surface area contributed by atoms with Crippen molar-refractivity contribution in [3.05, 3.63) is 29.8 Å². The maximum Gasteiger partial charge on any atom is 0.573 e. The summed E-state index contributed by atoms with van der Waals surface area (Å²) in [6.07, 6.45) is -2.07. The Labute approximate surface area is 159 Å². The molecule has 28 heavy (non-hydrogen) atoms. The molecular formula is C18H20F3N3O4. The van der Waals surface area contributed by atoms with Gasteiger partial charge >= 0.3 is 12.4 Å². The predicted molar refractivity (Wildman–Crippen MR) is 91.0 cm³/mol. The van der Waals surface area contributed by atoms with Gasteiger partial charge in [0.25, 0.3) is 5.91 Å². The number of halogens is 3. The van der Waals surface area contributed by atoms with E-state index in [9.17, 15) is 27.6 Å². The molecule has 0 aromatic heterocycles. The van der Waals surface area contributed by atoms with Crippen molar-refractivity contribution in [2.24, 2.45) is 0 Å².